The Morgan fingerprint density at radius 2 is 2.00 bits per heavy atom. The van der Waals surface area contributed by atoms with Gasteiger partial charge in [0.15, 0.2) is 6.61 Å². The van der Waals surface area contributed by atoms with Gasteiger partial charge < -0.3 is 14.6 Å². The van der Waals surface area contributed by atoms with E-state index in [1.54, 1.807) is 18.3 Å². The number of hydrogen-bond donors (Lipinski definition) is 1. The Morgan fingerprint density at radius 3 is 2.72 bits per heavy atom. The van der Waals surface area contributed by atoms with Gasteiger partial charge in [0.25, 0.3) is 5.91 Å². The highest BCUT2D eigenvalue weighted by atomic mass is 32.2. The van der Waals surface area contributed by atoms with Crippen molar-refractivity contribution in [3.8, 4) is 0 Å². The number of aromatic nitrogens is 2. The number of aryl methyl sites for hydroxylation is 1. The highest BCUT2D eigenvalue weighted by Crippen LogP contribution is 2.24. The van der Waals surface area contributed by atoms with Crippen molar-refractivity contribution in [3.05, 3.63) is 41.4 Å². The molecule has 0 saturated heterocycles. The molecule has 0 aromatic carbocycles. The van der Waals surface area contributed by atoms with Crippen LogP contribution in [0.2, 0.25) is 0 Å². The Bertz CT molecular complexity index is 816. The lowest BCUT2D eigenvalue weighted by Crippen LogP contribution is -2.38. The highest BCUT2D eigenvalue weighted by Gasteiger charge is 2.18. The zero-order valence-electron chi connectivity index (χ0n) is 16.7. The van der Waals surface area contributed by atoms with Gasteiger partial charge in [-0.1, -0.05) is 49.0 Å². The summed E-state index contributed by atoms with van der Waals surface area (Å²) in [5.74, 6) is 0.456. The molecule has 0 atom stereocenters. The highest BCUT2D eigenvalue weighted by molar-refractivity contribution is 7.98. The quantitative estimate of drug-likeness (QED) is 0.536. The van der Waals surface area contributed by atoms with Gasteiger partial charge in [-0.3, -0.25) is 4.79 Å². The number of nitrogens with zero attached hydrogens (tertiary/aromatic N) is 2. The molecule has 0 radical (unpaired) electrons. The van der Waals surface area contributed by atoms with Crippen molar-refractivity contribution in [2.45, 2.75) is 68.7 Å². The fourth-order valence-corrected chi connectivity index (χ4v) is 4.23. The van der Waals surface area contributed by atoms with Gasteiger partial charge in [-0.25, -0.2) is 9.78 Å². The summed E-state index contributed by atoms with van der Waals surface area (Å²) in [6.45, 7) is 1.54. The zero-order chi connectivity index (χ0) is 20.5. The van der Waals surface area contributed by atoms with Gasteiger partial charge in [-0.05, 0) is 31.9 Å². The lowest BCUT2D eigenvalue weighted by atomic mass is 9.97. The molecule has 1 N–H and O–H groups in total. The topological polar surface area (TPSA) is 94.3 Å². The molecule has 1 saturated carbocycles. The van der Waals surface area contributed by atoms with E-state index >= 15 is 0 Å². The monoisotopic (exact) mass is 417 g/mol. The van der Waals surface area contributed by atoms with Gasteiger partial charge in [-0.2, -0.15) is 0 Å². The summed E-state index contributed by atoms with van der Waals surface area (Å²) in [7, 11) is 0. The van der Waals surface area contributed by atoms with Crippen LogP contribution >= 0.6 is 11.8 Å². The molecule has 156 valence electrons. The molecular weight excluding hydrogens is 390 g/mol. The molecule has 1 aliphatic rings. The second-order valence-electron chi connectivity index (χ2n) is 7.26. The molecule has 1 fully saturated rings. The first-order chi connectivity index (χ1) is 14.1. The fourth-order valence-electron chi connectivity index (χ4n) is 3.37. The lowest BCUT2D eigenvalue weighted by molar-refractivity contribution is -0.125. The Balaban J connectivity index is 1.50. The van der Waals surface area contributed by atoms with Crippen LogP contribution in [0.1, 0.15) is 66.8 Å². The third-order valence-electron chi connectivity index (χ3n) is 4.83. The van der Waals surface area contributed by atoms with Crippen molar-refractivity contribution in [3.63, 3.8) is 0 Å². The summed E-state index contributed by atoms with van der Waals surface area (Å²) >= 11 is 1.37. The van der Waals surface area contributed by atoms with E-state index in [0.29, 0.717) is 16.3 Å². The van der Waals surface area contributed by atoms with Gasteiger partial charge in [0, 0.05) is 24.1 Å². The maximum absolute atomic E-state index is 12.5. The van der Waals surface area contributed by atoms with Crippen LogP contribution in [0.15, 0.2) is 33.9 Å². The number of ether oxygens (including phenoxy) is 1. The lowest BCUT2D eigenvalue weighted by Gasteiger charge is -2.21. The van der Waals surface area contributed by atoms with Crippen LogP contribution in [0.3, 0.4) is 0 Å². The van der Waals surface area contributed by atoms with E-state index < -0.39 is 5.97 Å². The van der Waals surface area contributed by atoms with Crippen LogP contribution in [0.5, 0.6) is 0 Å². The van der Waals surface area contributed by atoms with Crippen molar-refractivity contribution in [1.29, 1.82) is 0 Å². The maximum atomic E-state index is 12.5. The standard InChI is InChI=1S/C21H27N3O4S/c1-15-12-17(24-28-15)14-29-20-18(10-7-11-22-20)21(26)27-13-19(25)23-16-8-5-3-2-4-6-9-16/h7,10-12,16H,2-6,8-9,13-14H2,1H3,(H,23,25). The van der Waals surface area contributed by atoms with Crippen molar-refractivity contribution in [2.24, 2.45) is 0 Å². The zero-order valence-corrected chi connectivity index (χ0v) is 17.5. The summed E-state index contributed by atoms with van der Waals surface area (Å²) in [5.41, 5.74) is 1.12. The molecule has 7 nitrogen and oxygen atoms in total. The van der Waals surface area contributed by atoms with Crippen molar-refractivity contribution < 1.29 is 18.8 Å². The molecule has 2 heterocycles. The van der Waals surface area contributed by atoms with E-state index in [1.807, 2.05) is 13.0 Å². The molecule has 1 aliphatic carbocycles. The van der Waals surface area contributed by atoms with E-state index in [-0.39, 0.29) is 18.6 Å². The largest absolute Gasteiger partial charge is 0.452 e. The maximum Gasteiger partial charge on any atom is 0.341 e. The summed E-state index contributed by atoms with van der Waals surface area (Å²) in [6.07, 6.45) is 9.58. The summed E-state index contributed by atoms with van der Waals surface area (Å²) < 4.78 is 10.3. The minimum Gasteiger partial charge on any atom is -0.452 e. The Labute approximate surface area is 175 Å². The fraction of sp³-hybridized carbons (Fsp3) is 0.524. The Hall–Kier alpha value is -2.35. The molecule has 2 aromatic rings. The van der Waals surface area contributed by atoms with Crippen LogP contribution < -0.4 is 5.32 Å². The van der Waals surface area contributed by atoms with Crippen LogP contribution in [-0.2, 0) is 15.3 Å². The molecule has 8 heteroatoms. The molecule has 1 amide bonds. The van der Waals surface area contributed by atoms with Crippen molar-refractivity contribution >= 4 is 23.6 Å². The van der Waals surface area contributed by atoms with Crippen molar-refractivity contribution in [2.75, 3.05) is 6.61 Å². The second-order valence-corrected chi connectivity index (χ2v) is 8.22. The van der Waals surface area contributed by atoms with Crippen LogP contribution in [0.4, 0.5) is 0 Å². The Kier molecular flexibility index (Phi) is 8.10. The number of carbonyl (C=O) groups excluding carboxylic acids is 2. The Morgan fingerprint density at radius 1 is 1.24 bits per heavy atom. The van der Waals surface area contributed by atoms with Gasteiger partial charge in [-0.15, -0.1) is 0 Å². The molecule has 0 unspecified atom stereocenters. The number of hydrogen-bond acceptors (Lipinski definition) is 7. The van der Waals surface area contributed by atoms with Crippen LogP contribution in [0, 0.1) is 6.92 Å². The van der Waals surface area contributed by atoms with Gasteiger partial charge in [0.2, 0.25) is 0 Å². The van der Waals surface area contributed by atoms with E-state index in [9.17, 15) is 9.59 Å². The predicted molar refractivity (Wildman–Crippen MR) is 110 cm³/mol. The average molecular weight is 418 g/mol. The molecule has 29 heavy (non-hydrogen) atoms. The van der Waals surface area contributed by atoms with Gasteiger partial charge in [0.1, 0.15) is 10.8 Å². The van der Waals surface area contributed by atoms with Gasteiger partial charge >= 0.3 is 5.97 Å². The number of esters is 1. The van der Waals surface area contributed by atoms with E-state index in [2.05, 4.69) is 15.5 Å². The number of amides is 1. The third-order valence-corrected chi connectivity index (χ3v) is 5.87. The van der Waals surface area contributed by atoms with Crippen molar-refractivity contribution in [1.82, 2.24) is 15.5 Å². The second kappa shape index (κ2) is 11.0. The minimum atomic E-state index is -0.551. The predicted octanol–water partition coefficient (Wildman–Crippen LogP) is 4.06. The van der Waals surface area contributed by atoms with E-state index in [1.165, 1.54) is 31.0 Å². The summed E-state index contributed by atoms with van der Waals surface area (Å²) in [5, 5.41) is 7.48. The summed E-state index contributed by atoms with van der Waals surface area (Å²) in [4.78, 5) is 29.0. The molecule has 2 aromatic heterocycles. The number of carbonyl (C=O) groups is 2. The minimum absolute atomic E-state index is 0.178. The number of nitrogens with one attached hydrogen (secondary N) is 1. The van der Waals surface area contributed by atoms with E-state index in [0.717, 1.165) is 37.1 Å². The average Bonchev–Trinajstić information content (AvgIpc) is 3.12. The molecular formula is C21H27N3O4S. The normalized spacial score (nSPS) is 15.3. The first kappa shape index (κ1) is 21.4. The first-order valence-corrected chi connectivity index (χ1v) is 11.1. The molecule has 0 bridgehead atoms. The van der Waals surface area contributed by atoms with Crippen LogP contribution in [0.25, 0.3) is 0 Å². The smallest absolute Gasteiger partial charge is 0.341 e. The third kappa shape index (κ3) is 6.88. The SMILES string of the molecule is Cc1cc(CSc2ncccc2C(=O)OCC(=O)NC2CCCCCCC2)no1. The molecule has 0 spiro atoms. The molecule has 0 aliphatic heterocycles. The molecule has 3 rings (SSSR count). The van der Waals surface area contributed by atoms with Crippen LogP contribution in [-0.4, -0.2) is 34.7 Å². The number of thioether (sulfide) groups is 1. The first-order valence-electron chi connectivity index (χ1n) is 10.1. The summed E-state index contributed by atoms with van der Waals surface area (Å²) in [6, 6.07) is 5.35. The van der Waals surface area contributed by atoms with Gasteiger partial charge in [0.05, 0.1) is 11.3 Å². The van der Waals surface area contributed by atoms with E-state index in [4.69, 9.17) is 9.26 Å². The number of rotatable bonds is 7. The number of pyridine rings is 1.